The number of hydrogen-bond donors (Lipinski definition) is 1. The Morgan fingerprint density at radius 3 is 2.50 bits per heavy atom. The van der Waals surface area contributed by atoms with Crippen molar-refractivity contribution in [1.29, 1.82) is 0 Å². The molecule has 18 heavy (non-hydrogen) atoms. The number of sulfonamides is 1. The summed E-state index contributed by atoms with van der Waals surface area (Å²) in [7, 11) is -3.12. The first-order chi connectivity index (χ1) is 8.42. The van der Waals surface area contributed by atoms with Gasteiger partial charge >= 0.3 is 0 Å². The first-order valence-electron chi connectivity index (χ1n) is 7.12. The number of nitrogens with zero attached hydrogens (tertiary/aromatic N) is 1. The van der Waals surface area contributed by atoms with E-state index in [1.54, 1.807) is 4.31 Å². The van der Waals surface area contributed by atoms with Gasteiger partial charge in [0.05, 0.1) is 5.75 Å². The average Bonchev–Trinajstić information content (AvgIpc) is 2.75. The number of hydrogen-bond acceptors (Lipinski definition) is 3. The van der Waals surface area contributed by atoms with E-state index in [0.717, 1.165) is 25.7 Å². The lowest BCUT2D eigenvalue weighted by Gasteiger charge is -2.31. The fraction of sp³-hybridized carbons (Fsp3) is 1.00. The van der Waals surface area contributed by atoms with Crippen molar-refractivity contribution in [1.82, 2.24) is 4.31 Å². The van der Waals surface area contributed by atoms with Crippen molar-refractivity contribution in [3.63, 3.8) is 0 Å². The summed E-state index contributed by atoms with van der Waals surface area (Å²) >= 11 is 0. The third-order valence-corrected chi connectivity index (χ3v) is 5.91. The molecule has 1 rings (SSSR count). The fourth-order valence-electron chi connectivity index (χ4n) is 2.81. The Labute approximate surface area is 112 Å². The molecule has 0 heterocycles. The third kappa shape index (κ3) is 3.93. The van der Waals surface area contributed by atoms with Crippen LogP contribution < -0.4 is 5.73 Å². The number of rotatable bonds is 7. The van der Waals surface area contributed by atoms with Crippen LogP contribution in [0.4, 0.5) is 0 Å². The zero-order valence-electron chi connectivity index (χ0n) is 11.9. The first-order valence-corrected chi connectivity index (χ1v) is 8.72. The minimum Gasteiger partial charge on any atom is -0.330 e. The van der Waals surface area contributed by atoms with Gasteiger partial charge in [-0.25, -0.2) is 8.42 Å². The molecule has 0 bridgehead atoms. The predicted molar refractivity (Wildman–Crippen MR) is 75.8 cm³/mol. The van der Waals surface area contributed by atoms with E-state index in [9.17, 15) is 8.42 Å². The van der Waals surface area contributed by atoms with Crippen LogP contribution in [0.15, 0.2) is 0 Å². The summed E-state index contributed by atoms with van der Waals surface area (Å²) in [5.41, 5.74) is 5.76. The van der Waals surface area contributed by atoms with Crippen LogP contribution in [0.2, 0.25) is 0 Å². The van der Waals surface area contributed by atoms with Crippen molar-refractivity contribution in [3.8, 4) is 0 Å². The monoisotopic (exact) mass is 276 g/mol. The van der Waals surface area contributed by atoms with Crippen LogP contribution in [-0.4, -0.2) is 37.6 Å². The minimum atomic E-state index is -3.12. The van der Waals surface area contributed by atoms with Gasteiger partial charge in [-0.3, -0.25) is 0 Å². The van der Waals surface area contributed by atoms with Gasteiger partial charge in [0.2, 0.25) is 10.0 Å². The fourth-order valence-corrected chi connectivity index (χ4v) is 4.90. The van der Waals surface area contributed by atoms with Gasteiger partial charge in [0, 0.05) is 12.6 Å². The van der Waals surface area contributed by atoms with Gasteiger partial charge in [-0.1, -0.05) is 27.2 Å². The summed E-state index contributed by atoms with van der Waals surface area (Å²) < 4.78 is 26.5. The highest BCUT2D eigenvalue weighted by molar-refractivity contribution is 7.89. The molecule has 0 spiro atoms. The highest BCUT2D eigenvalue weighted by atomic mass is 32.2. The Bertz CT molecular complexity index is 341. The third-order valence-electron chi connectivity index (χ3n) is 3.91. The molecule has 0 aromatic rings. The second-order valence-corrected chi connectivity index (χ2v) is 7.74. The van der Waals surface area contributed by atoms with Gasteiger partial charge in [-0.05, 0) is 37.6 Å². The number of nitrogens with two attached hydrogens (primary N) is 1. The molecule has 0 aliphatic heterocycles. The zero-order chi connectivity index (χ0) is 13.8. The van der Waals surface area contributed by atoms with Crippen molar-refractivity contribution in [2.24, 2.45) is 17.6 Å². The van der Waals surface area contributed by atoms with E-state index in [1.165, 1.54) is 0 Å². The summed E-state index contributed by atoms with van der Waals surface area (Å²) in [6.07, 6.45) is 3.87. The van der Waals surface area contributed by atoms with Crippen LogP contribution in [0.1, 0.15) is 46.5 Å². The standard InChI is InChI=1S/C13H28N2O2S/c1-4-15(13-7-5-6-12(13)10-14)18(16,17)9-8-11(2)3/h11-13H,4-10,14H2,1-3H3. The van der Waals surface area contributed by atoms with Crippen molar-refractivity contribution in [3.05, 3.63) is 0 Å². The quantitative estimate of drug-likeness (QED) is 0.771. The topological polar surface area (TPSA) is 63.4 Å². The lowest BCUT2D eigenvalue weighted by Crippen LogP contribution is -2.45. The summed E-state index contributed by atoms with van der Waals surface area (Å²) in [6.45, 7) is 7.22. The lowest BCUT2D eigenvalue weighted by atomic mass is 10.0. The lowest BCUT2D eigenvalue weighted by molar-refractivity contribution is 0.275. The van der Waals surface area contributed by atoms with Gasteiger partial charge in [0.15, 0.2) is 0 Å². The highest BCUT2D eigenvalue weighted by Crippen LogP contribution is 2.31. The van der Waals surface area contributed by atoms with Gasteiger partial charge in [-0.2, -0.15) is 4.31 Å². The molecule has 1 saturated carbocycles. The van der Waals surface area contributed by atoms with E-state index < -0.39 is 10.0 Å². The van der Waals surface area contributed by atoms with Crippen LogP contribution in [0.5, 0.6) is 0 Å². The Balaban J connectivity index is 2.75. The maximum Gasteiger partial charge on any atom is 0.214 e. The molecule has 0 radical (unpaired) electrons. The molecule has 0 amide bonds. The Morgan fingerprint density at radius 2 is 2.00 bits per heavy atom. The second kappa shape index (κ2) is 6.87. The summed E-state index contributed by atoms with van der Waals surface area (Å²) in [5.74, 6) is 1.04. The van der Waals surface area contributed by atoms with E-state index in [1.807, 2.05) is 6.92 Å². The van der Waals surface area contributed by atoms with Crippen LogP contribution in [0.25, 0.3) is 0 Å². The molecule has 4 nitrogen and oxygen atoms in total. The largest absolute Gasteiger partial charge is 0.330 e. The van der Waals surface area contributed by atoms with Crippen molar-refractivity contribution in [2.45, 2.75) is 52.5 Å². The summed E-state index contributed by atoms with van der Waals surface area (Å²) in [5, 5.41) is 0. The molecule has 0 aromatic heterocycles. The SMILES string of the molecule is CCN(C1CCCC1CN)S(=O)(=O)CCC(C)C. The Kier molecular flexibility index (Phi) is 6.08. The van der Waals surface area contributed by atoms with Crippen molar-refractivity contribution < 1.29 is 8.42 Å². The molecule has 1 aliphatic carbocycles. The van der Waals surface area contributed by atoms with Crippen LogP contribution in [0.3, 0.4) is 0 Å². The molecule has 0 aromatic carbocycles. The minimum absolute atomic E-state index is 0.136. The van der Waals surface area contributed by atoms with Crippen molar-refractivity contribution >= 4 is 10.0 Å². The predicted octanol–water partition coefficient (Wildman–Crippen LogP) is 1.81. The molecule has 2 N–H and O–H groups in total. The molecule has 5 heteroatoms. The second-order valence-electron chi connectivity index (χ2n) is 5.70. The van der Waals surface area contributed by atoms with Gasteiger partial charge in [0.25, 0.3) is 0 Å². The van der Waals surface area contributed by atoms with Gasteiger partial charge in [0.1, 0.15) is 0 Å². The van der Waals surface area contributed by atoms with E-state index in [0.29, 0.717) is 24.9 Å². The molecule has 2 unspecified atom stereocenters. The van der Waals surface area contributed by atoms with Gasteiger partial charge in [-0.15, -0.1) is 0 Å². The molecule has 1 aliphatic rings. The highest BCUT2D eigenvalue weighted by Gasteiger charge is 2.36. The van der Waals surface area contributed by atoms with Crippen LogP contribution in [-0.2, 0) is 10.0 Å². The Morgan fingerprint density at radius 1 is 1.33 bits per heavy atom. The van der Waals surface area contributed by atoms with E-state index in [2.05, 4.69) is 13.8 Å². The maximum absolute atomic E-state index is 12.4. The maximum atomic E-state index is 12.4. The molecular formula is C13H28N2O2S. The van der Waals surface area contributed by atoms with E-state index in [-0.39, 0.29) is 11.8 Å². The molecule has 0 saturated heterocycles. The van der Waals surface area contributed by atoms with Crippen LogP contribution >= 0.6 is 0 Å². The zero-order valence-corrected chi connectivity index (χ0v) is 12.7. The van der Waals surface area contributed by atoms with Crippen LogP contribution in [0, 0.1) is 11.8 Å². The molecule has 1 fully saturated rings. The van der Waals surface area contributed by atoms with E-state index in [4.69, 9.17) is 5.73 Å². The normalized spacial score (nSPS) is 25.2. The average molecular weight is 276 g/mol. The van der Waals surface area contributed by atoms with E-state index >= 15 is 0 Å². The smallest absolute Gasteiger partial charge is 0.214 e. The first kappa shape index (κ1) is 15.9. The summed E-state index contributed by atoms with van der Waals surface area (Å²) in [4.78, 5) is 0. The molecular weight excluding hydrogens is 248 g/mol. The van der Waals surface area contributed by atoms with Crippen molar-refractivity contribution in [2.75, 3.05) is 18.8 Å². The Hall–Kier alpha value is -0.130. The summed E-state index contributed by atoms with van der Waals surface area (Å²) in [6, 6.07) is 0.136. The van der Waals surface area contributed by atoms with Gasteiger partial charge < -0.3 is 5.73 Å². The molecule has 108 valence electrons. The molecule has 2 atom stereocenters.